The number of rotatable bonds is 3. The first-order valence-electron chi connectivity index (χ1n) is 4.18. The Bertz CT molecular complexity index is 430. The highest BCUT2D eigenvalue weighted by atomic mass is 19.1. The van der Waals surface area contributed by atoms with E-state index in [-0.39, 0.29) is 17.7 Å². The van der Waals surface area contributed by atoms with Crippen LogP contribution in [0, 0.1) is 15.9 Å². The minimum atomic E-state index is -1.43. The third kappa shape index (κ3) is 1.93. The molecule has 80 valence electrons. The molecular formula is C9H8FNO4. The second-order valence-corrected chi connectivity index (χ2v) is 2.84. The smallest absolute Gasteiger partial charge is 0.338 e. The van der Waals surface area contributed by atoms with Crippen LogP contribution in [0.15, 0.2) is 12.1 Å². The molecule has 0 unspecified atom stereocenters. The van der Waals surface area contributed by atoms with E-state index >= 15 is 0 Å². The molecule has 0 amide bonds. The quantitative estimate of drug-likeness (QED) is 0.615. The van der Waals surface area contributed by atoms with Crippen molar-refractivity contribution in [2.75, 3.05) is 0 Å². The van der Waals surface area contributed by atoms with Gasteiger partial charge in [-0.1, -0.05) is 6.92 Å². The number of hydrogen-bond acceptors (Lipinski definition) is 3. The molecule has 0 aliphatic heterocycles. The maximum absolute atomic E-state index is 13.5. The van der Waals surface area contributed by atoms with E-state index in [1.54, 1.807) is 0 Å². The van der Waals surface area contributed by atoms with Gasteiger partial charge >= 0.3 is 5.97 Å². The summed E-state index contributed by atoms with van der Waals surface area (Å²) in [5.41, 5.74) is -1.11. The molecule has 0 radical (unpaired) electrons. The third-order valence-electron chi connectivity index (χ3n) is 2.00. The predicted molar refractivity (Wildman–Crippen MR) is 49.4 cm³/mol. The fourth-order valence-electron chi connectivity index (χ4n) is 1.28. The second-order valence-electron chi connectivity index (χ2n) is 2.84. The van der Waals surface area contributed by atoms with Gasteiger partial charge in [-0.25, -0.2) is 9.18 Å². The van der Waals surface area contributed by atoms with E-state index in [9.17, 15) is 19.3 Å². The lowest BCUT2D eigenvalue weighted by Gasteiger charge is -2.04. The topological polar surface area (TPSA) is 80.4 Å². The minimum Gasteiger partial charge on any atom is -0.478 e. The number of aromatic carboxylic acids is 1. The van der Waals surface area contributed by atoms with Gasteiger partial charge in [0.15, 0.2) is 0 Å². The first-order chi connectivity index (χ1) is 6.99. The van der Waals surface area contributed by atoms with Crippen LogP contribution in [0.5, 0.6) is 0 Å². The highest BCUT2D eigenvalue weighted by Gasteiger charge is 2.22. The predicted octanol–water partition coefficient (Wildman–Crippen LogP) is 1.99. The molecular weight excluding hydrogens is 205 g/mol. The van der Waals surface area contributed by atoms with Gasteiger partial charge in [0, 0.05) is 6.07 Å². The average molecular weight is 213 g/mol. The minimum absolute atomic E-state index is 0.0727. The maximum atomic E-state index is 13.5. The van der Waals surface area contributed by atoms with Crippen LogP contribution in [-0.2, 0) is 6.42 Å². The van der Waals surface area contributed by atoms with Crippen molar-refractivity contribution in [2.45, 2.75) is 13.3 Å². The monoisotopic (exact) mass is 213 g/mol. The Morgan fingerprint density at radius 2 is 2.20 bits per heavy atom. The molecule has 15 heavy (non-hydrogen) atoms. The van der Waals surface area contributed by atoms with E-state index in [0.29, 0.717) is 0 Å². The fraction of sp³-hybridized carbons (Fsp3) is 0.222. The van der Waals surface area contributed by atoms with Crippen LogP contribution in [0.1, 0.15) is 22.8 Å². The number of nitro groups is 1. The van der Waals surface area contributed by atoms with Crippen LogP contribution in [0.3, 0.4) is 0 Å². The van der Waals surface area contributed by atoms with Crippen molar-refractivity contribution in [3.63, 3.8) is 0 Å². The largest absolute Gasteiger partial charge is 0.478 e. The number of nitro benzene ring substituents is 1. The summed E-state index contributed by atoms with van der Waals surface area (Å²) in [5.74, 6) is -2.46. The van der Waals surface area contributed by atoms with Crippen LogP contribution in [0.4, 0.5) is 10.1 Å². The summed E-state index contributed by atoms with van der Waals surface area (Å²) >= 11 is 0. The third-order valence-corrected chi connectivity index (χ3v) is 2.00. The molecule has 0 bridgehead atoms. The van der Waals surface area contributed by atoms with E-state index in [1.807, 2.05) is 0 Å². The van der Waals surface area contributed by atoms with Gasteiger partial charge in [-0.05, 0) is 12.5 Å². The molecule has 5 nitrogen and oxygen atoms in total. The van der Waals surface area contributed by atoms with Gasteiger partial charge in [-0.15, -0.1) is 0 Å². The van der Waals surface area contributed by atoms with Crippen molar-refractivity contribution in [1.29, 1.82) is 0 Å². The van der Waals surface area contributed by atoms with Gasteiger partial charge in [0.1, 0.15) is 5.82 Å². The molecule has 0 saturated carbocycles. The highest BCUT2D eigenvalue weighted by molar-refractivity contribution is 5.88. The maximum Gasteiger partial charge on any atom is 0.338 e. The van der Waals surface area contributed by atoms with Crippen molar-refractivity contribution in [3.8, 4) is 0 Å². The zero-order valence-corrected chi connectivity index (χ0v) is 7.86. The molecule has 6 heteroatoms. The first-order valence-corrected chi connectivity index (χ1v) is 4.18. The van der Waals surface area contributed by atoms with Crippen LogP contribution < -0.4 is 0 Å². The summed E-state index contributed by atoms with van der Waals surface area (Å²) in [6.45, 7) is 1.52. The molecule has 1 aromatic carbocycles. The van der Waals surface area contributed by atoms with Gasteiger partial charge in [-0.2, -0.15) is 0 Å². The lowest BCUT2D eigenvalue weighted by atomic mass is 10.1. The summed E-state index contributed by atoms with van der Waals surface area (Å²) in [5, 5.41) is 19.1. The summed E-state index contributed by atoms with van der Waals surface area (Å²) in [6, 6.07) is 1.90. The molecule has 0 aliphatic rings. The standard InChI is InChI=1S/C9H8FNO4/c1-2-5-7(11(14)15)4-3-6(8(5)10)9(12)13/h3-4H,2H2,1H3,(H,12,13). The van der Waals surface area contributed by atoms with Gasteiger partial charge < -0.3 is 5.11 Å². The summed E-state index contributed by atoms with van der Waals surface area (Å²) in [4.78, 5) is 20.3. The number of carbonyl (C=O) groups is 1. The van der Waals surface area contributed by atoms with Crippen molar-refractivity contribution < 1.29 is 19.2 Å². The Labute approximate surface area is 84.3 Å². The fourth-order valence-corrected chi connectivity index (χ4v) is 1.28. The Morgan fingerprint density at radius 1 is 1.60 bits per heavy atom. The lowest BCUT2D eigenvalue weighted by Crippen LogP contribution is -2.06. The Kier molecular flexibility index (Phi) is 2.99. The zero-order chi connectivity index (χ0) is 11.6. The van der Waals surface area contributed by atoms with Crippen molar-refractivity contribution >= 4 is 11.7 Å². The van der Waals surface area contributed by atoms with Crippen molar-refractivity contribution in [1.82, 2.24) is 0 Å². The number of benzene rings is 1. The van der Waals surface area contributed by atoms with E-state index in [0.717, 1.165) is 12.1 Å². The van der Waals surface area contributed by atoms with Crippen LogP contribution in [-0.4, -0.2) is 16.0 Å². The molecule has 1 aromatic rings. The zero-order valence-electron chi connectivity index (χ0n) is 7.86. The van der Waals surface area contributed by atoms with Crippen LogP contribution >= 0.6 is 0 Å². The SMILES string of the molecule is CCc1c([N+](=O)[O-])ccc(C(=O)O)c1F. The molecule has 0 fully saturated rings. The Morgan fingerprint density at radius 3 is 2.60 bits per heavy atom. The molecule has 1 rings (SSSR count). The molecule has 0 aliphatic carbocycles. The molecule has 1 N–H and O–H groups in total. The number of halogens is 1. The Balaban J connectivity index is 3.45. The number of carboxylic acid groups (broad SMARTS) is 1. The van der Waals surface area contributed by atoms with E-state index < -0.39 is 22.3 Å². The molecule has 0 aromatic heterocycles. The van der Waals surface area contributed by atoms with Gasteiger partial charge in [0.25, 0.3) is 5.69 Å². The van der Waals surface area contributed by atoms with E-state index in [2.05, 4.69) is 0 Å². The molecule has 0 atom stereocenters. The normalized spacial score (nSPS) is 10.0. The van der Waals surface area contributed by atoms with Gasteiger partial charge in [0.2, 0.25) is 0 Å². The van der Waals surface area contributed by atoms with Gasteiger partial charge in [0.05, 0.1) is 16.1 Å². The summed E-state index contributed by atoms with van der Waals surface area (Å²) < 4.78 is 13.5. The first kappa shape index (κ1) is 11.1. The number of nitrogens with zero attached hydrogens (tertiary/aromatic N) is 1. The highest BCUT2D eigenvalue weighted by Crippen LogP contribution is 2.24. The van der Waals surface area contributed by atoms with Gasteiger partial charge in [-0.3, -0.25) is 10.1 Å². The molecule has 0 spiro atoms. The second kappa shape index (κ2) is 4.04. The van der Waals surface area contributed by atoms with Crippen molar-refractivity contribution in [2.24, 2.45) is 0 Å². The number of hydrogen-bond donors (Lipinski definition) is 1. The summed E-state index contributed by atoms with van der Waals surface area (Å²) in [7, 11) is 0. The lowest BCUT2D eigenvalue weighted by molar-refractivity contribution is -0.385. The van der Waals surface area contributed by atoms with Crippen LogP contribution in [0.2, 0.25) is 0 Å². The molecule has 0 heterocycles. The van der Waals surface area contributed by atoms with E-state index in [1.165, 1.54) is 6.92 Å². The average Bonchev–Trinajstić information content (AvgIpc) is 2.16. The Hall–Kier alpha value is -1.98. The summed E-state index contributed by atoms with van der Waals surface area (Å²) in [6.07, 6.45) is 0.0727. The van der Waals surface area contributed by atoms with Crippen molar-refractivity contribution in [3.05, 3.63) is 39.2 Å². The molecule has 0 saturated heterocycles. The van der Waals surface area contributed by atoms with E-state index in [4.69, 9.17) is 5.11 Å². The number of carboxylic acids is 1. The van der Waals surface area contributed by atoms with Crippen LogP contribution in [0.25, 0.3) is 0 Å².